The summed E-state index contributed by atoms with van der Waals surface area (Å²) in [6.45, 7) is 4.30. The van der Waals surface area contributed by atoms with E-state index in [2.05, 4.69) is 43.1 Å². The fraction of sp³-hybridized carbons (Fsp3) is 0.360. The van der Waals surface area contributed by atoms with E-state index in [1.165, 1.54) is 23.8 Å². The first-order valence-electron chi connectivity index (χ1n) is 12.0. The van der Waals surface area contributed by atoms with Gasteiger partial charge < -0.3 is 14.6 Å². The Morgan fingerprint density at radius 3 is 2.76 bits per heavy atom. The first-order valence-corrected chi connectivity index (χ1v) is 14.0. The van der Waals surface area contributed by atoms with Gasteiger partial charge in [0.25, 0.3) is 0 Å². The Morgan fingerprint density at radius 1 is 1.26 bits per heavy atom. The van der Waals surface area contributed by atoms with Crippen LogP contribution in [0.25, 0.3) is 22.7 Å². The molecule has 0 atom stereocenters. The van der Waals surface area contributed by atoms with Gasteiger partial charge in [0.15, 0.2) is 33.8 Å². The fourth-order valence-corrected chi connectivity index (χ4v) is 6.22. The molecule has 198 valence electrons. The smallest absolute Gasteiger partial charge is 0.234 e. The third-order valence-corrected chi connectivity index (χ3v) is 7.84. The van der Waals surface area contributed by atoms with Crippen molar-refractivity contribution in [1.82, 2.24) is 19.5 Å². The molecule has 2 aromatic heterocycles. The number of sulfonamides is 1. The third-order valence-electron chi connectivity index (χ3n) is 6.16. The second-order valence-electron chi connectivity index (χ2n) is 9.08. The molecule has 2 N–H and O–H groups in total. The Balaban J connectivity index is 1.69. The standard InChI is InChI=1S/C25H25ClN6O5S/c1-4-37-19-10-5-7-16(27-19)24-30-23-25(32(24)20-17(33)8-6-9-18(20)36-3)29-22(21(26)28-23)31-38(34,35)13-15-11-14(2)12-15/h6,8-10,14-15,33H,4,11-13H2,1-3H3,(H,29,31). The van der Waals surface area contributed by atoms with Gasteiger partial charge in [-0.3, -0.25) is 9.29 Å². The number of anilines is 1. The topological polar surface area (TPSA) is 141 Å². The summed E-state index contributed by atoms with van der Waals surface area (Å²) in [5, 5.41) is 10.7. The molecule has 38 heavy (non-hydrogen) atoms. The van der Waals surface area contributed by atoms with Crippen LogP contribution in [0.15, 0.2) is 40.7 Å². The summed E-state index contributed by atoms with van der Waals surface area (Å²) < 4.78 is 40.7. The number of aliphatic imine (C=N–C) groups is 1. The number of aromatic nitrogens is 4. The van der Waals surface area contributed by atoms with Gasteiger partial charge in [0, 0.05) is 0 Å². The van der Waals surface area contributed by atoms with E-state index in [9.17, 15) is 13.5 Å². The number of hydrogen-bond acceptors (Lipinski definition) is 9. The Hall–Kier alpha value is -3.82. The normalized spacial score (nSPS) is 18.6. The van der Waals surface area contributed by atoms with Crippen molar-refractivity contribution in [3.63, 3.8) is 0 Å². The number of fused-ring (bicyclic) bond motifs is 1. The van der Waals surface area contributed by atoms with E-state index in [0.717, 1.165) is 12.8 Å². The van der Waals surface area contributed by atoms with Crippen LogP contribution in [0.2, 0.25) is 5.15 Å². The van der Waals surface area contributed by atoms with Crippen LogP contribution in [-0.4, -0.2) is 58.4 Å². The molecule has 1 aliphatic carbocycles. The number of benzene rings is 1. The molecule has 3 aromatic rings. The van der Waals surface area contributed by atoms with Gasteiger partial charge >= 0.3 is 0 Å². The lowest BCUT2D eigenvalue weighted by atomic mass is 9.77. The number of phenolic OH excluding ortho intramolecular Hbond substituents is 1. The van der Waals surface area contributed by atoms with Gasteiger partial charge in [-0.25, -0.2) is 28.4 Å². The van der Waals surface area contributed by atoms with Crippen LogP contribution in [0, 0.1) is 11.8 Å². The molecular formula is C25H25ClN6O5S. The molecule has 1 aliphatic heterocycles. The van der Waals surface area contributed by atoms with Crippen LogP contribution in [0.5, 0.6) is 11.5 Å². The predicted molar refractivity (Wildman–Crippen MR) is 143 cm³/mol. The van der Waals surface area contributed by atoms with Crippen LogP contribution in [0.4, 0.5) is 5.82 Å². The number of nitrogens with one attached hydrogen (secondary N) is 1. The second-order valence-corrected chi connectivity index (χ2v) is 11.2. The largest absolute Gasteiger partial charge is 0.506 e. The number of nitrogens with zero attached hydrogens (tertiary/aromatic N) is 5. The number of aromatic hydroxyl groups is 1. The molecule has 0 unspecified atom stereocenters. The fourth-order valence-electron chi connectivity index (χ4n) is 4.58. The summed E-state index contributed by atoms with van der Waals surface area (Å²) in [6, 6.07) is 4.74. The molecule has 0 amide bonds. The molecule has 1 aromatic carbocycles. The number of para-hydroxylation sites is 1. The highest BCUT2D eigenvalue weighted by molar-refractivity contribution is 7.92. The number of ether oxygens (including phenoxy) is 2. The van der Waals surface area contributed by atoms with Crippen molar-refractivity contribution in [1.29, 1.82) is 0 Å². The lowest BCUT2D eigenvalue weighted by Gasteiger charge is -2.32. The Morgan fingerprint density at radius 2 is 2.05 bits per heavy atom. The van der Waals surface area contributed by atoms with Crippen molar-refractivity contribution >= 4 is 50.3 Å². The minimum Gasteiger partial charge on any atom is -0.506 e. The number of imidazole rings is 1. The Labute approximate surface area is 224 Å². The maximum absolute atomic E-state index is 12.9. The quantitative estimate of drug-likeness (QED) is 0.395. The van der Waals surface area contributed by atoms with Crippen molar-refractivity contribution < 1.29 is 23.0 Å². The Bertz CT molecular complexity index is 1660. The predicted octanol–water partition coefficient (Wildman–Crippen LogP) is 4.07. The molecule has 5 rings (SSSR count). The minimum atomic E-state index is -3.75. The zero-order valence-corrected chi connectivity index (χ0v) is 22.5. The van der Waals surface area contributed by atoms with Gasteiger partial charge in [-0.2, -0.15) is 0 Å². The molecule has 1 fully saturated rings. The zero-order chi connectivity index (χ0) is 27.0. The molecule has 11 nitrogen and oxygen atoms in total. The molecule has 2 aliphatic rings. The van der Waals surface area contributed by atoms with E-state index in [0.29, 0.717) is 24.2 Å². The van der Waals surface area contributed by atoms with E-state index in [1.807, 2.05) is 6.92 Å². The monoisotopic (exact) mass is 556 g/mol. The highest BCUT2D eigenvalue weighted by Crippen LogP contribution is 2.38. The lowest BCUT2D eigenvalue weighted by Crippen LogP contribution is -2.31. The van der Waals surface area contributed by atoms with Crippen molar-refractivity contribution in [3.8, 4) is 17.2 Å². The van der Waals surface area contributed by atoms with Gasteiger partial charge in [-0.05, 0) is 49.5 Å². The number of halogens is 1. The molecule has 13 heteroatoms. The van der Waals surface area contributed by atoms with Gasteiger partial charge in [0.2, 0.25) is 15.9 Å². The molecule has 0 saturated heterocycles. The maximum Gasteiger partial charge on any atom is 0.234 e. The van der Waals surface area contributed by atoms with Crippen molar-refractivity contribution in [2.45, 2.75) is 26.7 Å². The van der Waals surface area contributed by atoms with Crippen LogP contribution >= 0.6 is 11.6 Å². The van der Waals surface area contributed by atoms with Crippen LogP contribution in [0.3, 0.4) is 0 Å². The van der Waals surface area contributed by atoms with Crippen LogP contribution < -0.4 is 9.46 Å². The molecule has 0 spiro atoms. The van der Waals surface area contributed by atoms with Crippen LogP contribution in [-0.2, 0) is 14.8 Å². The molecule has 3 heterocycles. The van der Waals surface area contributed by atoms with Gasteiger partial charge in [-0.15, -0.1) is 0 Å². The van der Waals surface area contributed by atoms with E-state index < -0.39 is 10.0 Å². The van der Waals surface area contributed by atoms with E-state index in [4.69, 9.17) is 21.1 Å². The van der Waals surface area contributed by atoms with E-state index >= 15 is 0 Å². The minimum absolute atomic E-state index is 0.0376. The highest BCUT2D eigenvalue weighted by Gasteiger charge is 2.31. The average Bonchev–Trinajstić information content (AvgIpc) is 3.20. The summed E-state index contributed by atoms with van der Waals surface area (Å²) in [5.41, 5.74) is 6.35. The summed E-state index contributed by atoms with van der Waals surface area (Å²) in [4.78, 5) is 17.8. The Kier molecular flexibility index (Phi) is 6.90. The van der Waals surface area contributed by atoms with Crippen LogP contribution in [0.1, 0.15) is 32.5 Å². The zero-order valence-electron chi connectivity index (χ0n) is 20.9. The van der Waals surface area contributed by atoms with E-state index in [1.54, 1.807) is 12.1 Å². The molecular weight excluding hydrogens is 532 g/mol. The first-order chi connectivity index (χ1) is 18.2. The number of phenols is 1. The molecule has 1 saturated carbocycles. The average molecular weight is 557 g/mol. The van der Waals surface area contributed by atoms with Crippen molar-refractivity contribution in [2.75, 3.05) is 24.2 Å². The van der Waals surface area contributed by atoms with Crippen molar-refractivity contribution in [2.24, 2.45) is 16.8 Å². The summed E-state index contributed by atoms with van der Waals surface area (Å²) >= 11 is 6.35. The number of methoxy groups -OCH3 is 1. The maximum atomic E-state index is 12.9. The molecule has 0 bridgehead atoms. The highest BCUT2D eigenvalue weighted by atomic mass is 35.5. The van der Waals surface area contributed by atoms with Gasteiger partial charge in [-0.1, -0.05) is 30.3 Å². The lowest BCUT2D eigenvalue weighted by molar-refractivity contribution is 0.235. The van der Waals surface area contributed by atoms with Crippen molar-refractivity contribution in [3.05, 3.63) is 46.7 Å². The van der Waals surface area contributed by atoms with E-state index in [-0.39, 0.29) is 56.9 Å². The second kappa shape index (κ2) is 10.2. The summed E-state index contributed by atoms with van der Waals surface area (Å²) in [7, 11) is -2.29. The van der Waals surface area contributed by atoms with Gasteiger partial charge in [0.05, 0.1) is 25.5 Å². The summed E-state index contributed by atoms with van der Waals surface area (Å²) in [5.74, 6) is 1.03. The third kappa shape index (κ3) is 4.99. The SMILES string of the molecule is CCOC1=NC(c2nc3nc(Cl)c(NS(=O)(=O)CC4CC(C)C4)nc3n2-c2c(O)cccc2OC)=C=C=C1. The molecule has 0 radical (unpaired) electrons. The number of hydrogen-bond donors (Lipinski definition) is 2. The first kappa shape index (κ1) is 25.8. The van der Waals surface area contributed by atoms with Gasteiger partial charge in [0.1, 0.15) is 17.2 Å². The summed E-state index contributed by atoms with van der Waals surface area (Å²) in [6.07, 6.45) is 3.23. The number of rotatable bonds is 8.